The number of hydrogen-bond acceptors (Lipinski definition) is 6. The minimum atomic E-state index is -0.727. The van der Waals surface area contributed by atoms with Gasteiger partial charge in [0, 0.05) is 26.1 Å². The molecule has 0 aromatic carbocycles. The molecule has 0 aromatic heterocycles. The number of carbonyl (C=O) groups is 2. The molecular formula is C10H16N2O5. The van der Waals surface area contributed by atoms with E-state index in [-0.39, 0.29) is 13.0 Å². The predicted octanol–water partition coefficient (Wildman–Crippen LogP) is -1.56. The van der Waals surface area contributed by atoms with Crippen LogP contribution in [0.1, 0.15) is 12.8 Å². The quantitative estimate of drug-likeness (QED) is 0.381. The summed E-state index contributed by atoms with van der Waals surface area (Å²) < 4.78 is 4.68. The van der Waals surface area contributed by atoms with Crippen molar-refractivity contribution in [3.8, 4) is 0 Å². The van der Waals surface area contributed by atoms with Crippen LogP contribution >= 0.6 is 0 Å². The first-order valence-corrected chi connectivity index (χ1v) is 5.66. The topological polar surface area (TPSA) is 99.1 Å². The zero-order chi connectivity index (χ0) is 12.4. The van der Waals surface area contributed by atoms with Gasteiger partial charge in [0.05, 0.1) is 12.2 Å². The summed E-state index contributed by atoms with van der Waals surface area (Å²) in [4.78, 5) is 24.4. The fourth-order valence-electron chi connectivity index (χ4n) is 2.03. The summed E-state index contributed by atoms with van der Waals surface area (Å²) >= 11 is 0. The molecule has 0 aliphatic carbocycles. The minimum absolute atomic E-state index is 0.201. The van der Waals surface area contributed by atoms with Crippen LogP contribution in [-0.4, -0.2) is 65.1 Å². The highest BCUT2D eigenvalue weighted by Crippen LogP contribution is 2.12. The van der Waals surface area contributed by atoms with E-state index in [1.165, 1.54) is 4.90 Å². The Hall–Kier alpha value is -1.18. The zero-order valence-electron chi connectivity index (χ0n) is 9.33. The van der Waals surface area contributed by atoms with Crippen molar-refractivity contribution in [1.29, 1.82) is 0 Å². The Kier molecular flexibility index (Phi) is 3.60. The fraction of sp³-hybridized carbons (Fsp3) is 0.800. The van der Waals surface area contributed by atoms with Crippen molar-refractivity contribution < 1.29 is 24.5 Å². The van der Waals surface area contributed by atoms with Crippen LogP contribution < -0.4 is 5.32 Å². The first kappa shape index (κ1) is 12.3. The van der Waals surface area contributed by atoms with Crippen LogP contribution in [-0.2, 0) is 9.53 Å². The van der Waals surface area contributed by atoms with Crippen LogP contribution in [0.5, 0.6) is 0 Å². The smallest absolute Gasteiger partial charge is 0.392 e. The molecule has 7 nitrogen and oxygen atoms in total. The van der Waals surface area contributed by atoms with Gasteiger partial charge in [0.15, 0.2) is 0 Å². The molecule has 96 valence electrons. The lowest BCUT2D eigenvalue weighted by Crippen LogP contribution is -2.38. The molecule has 2 rings (SSSR count). The summed E-state index contributed by atoms with van der Waals surface area (Å²) in [6.07, 6.45) is -1.08. The van der Waals surface area contributed by atoms with E-state index in [0.717, 1.165) is 0 Å². The molecule has 0 aromatic rings. The van der Waals surface area contributed by atoms with Gasteiger partial charge in [-0.25, -0.2) is 9.59 Å². The van der Waals surface area contributed by atoms with Gasteiger partial charge in [-0.3, -0.25) is 0 Å². The largest absolute Gasteiger partial charge is 0.417 e. The molecular weight excluding hydrogens is 228 g/mol. The van der Waals surface area contributed by atoms with Crippen molar-refractivity contribution in [2.24, 2.45) is 0 Å². The van der Waals surface area contributed by atoms with E-state index >= 15 is 0 Å². The summed E-state index contributed by atoms with van der Waals surface area (Å²) in [6, 6.07) is -0.624. The van der Waals surface area contributed by atoms with Crippen molar-refractivity contribution in [3.05, 3.63) is 0 Å². The lowest BCUT2D eigenvalue weighted by molar-refractivity contribution is -0.140. The van der Waals surface area contributed by atoms with E-state index in [0.29, 0.717) is 19.5 Å². The summed E-state index contributed by atoms with van der Waals surface area (Å²) in [7, 11) is 0. The molecule has 3 N–H and O–H groups in total. The standard InChI is InChI=1S/C10H16N2O5/c13-6-1-2-12(5-6)10(16)17-9(15)8-3-7(14)4-11-8/h6-8,11,13-14H,1-5H2/t6?,7?,8-/m0/s1. The maximum Gasteiger partial charge on any atom is 0.417 e. The normalized spacial score (nSPS) is 32.8. The van der Waals surface area contributed by atoms with Gasteiger partial charge < -0.3 is 25.2 Å². The molecule has 0 spiro atoms. The van der Waals surface area contributed by atoms with Crippen LogP contribution in [0, 0.1) is 0 Å². The highest BCUT2D eigenvalue weighted by molar-refractivity contribution is 5.88. The molecule has 2 saturated heterocycles. The lowest BCUT2D eigenvalue weighted by Gasteiger charge is -2.16. The first-order chi connectivity index (χ1) is 8.06. The van der Waals surface area contributed by atoms with Gasteiger partial charge in [-0.05, 0) is 6.42 Å². The van der Waals surface area contributed by atoms with Crippen LogP contribution in [0.15, 0.2) is 0 Å². The fourth-order valence-corrected chi connectivity index (χ4v) is 2.03. The van der Waals surface area contributed by atoms with Crippen molar-refractivity contribution in [1.82, 2.24) is 10.2 Å². The SMILES string of the molecule is O=C(OC(=O)N1CCC(O)C1)[C@@H]1CC(O)CN1. The number of rotatable bonds is 1. The van der Waals surface area contributed by atoms with E-state index in [9.17, 15) is 19.8 Å². The first-order valence-electron chi connectivity index (χ1n) is 5.66. The average molecular weight is 244 g/mol. The number of hydrogen-bond donors (Lipinski definition) is 3. The number of esters is 1. The molecule has 2 aliphatic rings. The van der Waals surface area contributed by atoms with Gasteiger partial charge in [-0.2, -0.15) is 0 Å². The van der Waals surface area contributed by atoms with Crippen LogP contribution in [0.25, 0.3) is 0 Å². The molecule has 7 heteroatoms. The van der Waals surface area contributed by atoms with E-state index in [4.69, 9.17) is 0 Å². The Morgan fingerprint density at radius 1 is 1.29 bits per heavy atom. The maximum atomic E-state index is 11.5. The monoisotopic (exact) mass is 244 g/mol. The lowest BCUT2D eigenvalue weighted by atomic mass is 10.2. The number of nitrogens with one attached hydrogen (secondary N) is 1. The second-order valence-corrected chi connectivity index (χ2v) is 4.43. The number of aliphatic hydroxyl groups is 2. The summed E-state index contributed by atoms with van der Waals surface area (Å²) in [5, 5.41) is 21.2. The number of nitrogens with zero attached hydrogens (tertiary/aromatic N) is 1. The molecule has 2 unspecified atom stereocenters. The molecule has 0 bridgehead atoms. The number of carbonyl (C=O) groups excluding carboxylic acids is 2. The van der Waals surface area contributed by atoms with Crippen molar-refractivity contribution in [3.63, 3.8) is 0 Å². The van der Waals surface area contributed by atoms with Gasteiger partial charge in [-0.1, -0.05) is 0 Å². The Labute approximate surface area is 98.3 Å². The number of likely N-dealkylation sites (tertiary alicyclic amines) is 1. The molecule has 2 fully saturated rings. The van der Waals surface area contributed by atoms with Gasteiger partial charge in [0.25, 0.3) is 0 Å². The van der Waals surface area contributed by atoms with E-state index in [2.05, 4.69) is 10.1 Å². The van der Waals surface area contributed by atoms with Crippen molar-refractivity contribution in [2.75, 3.05) is 19.6 Å². The van der Waals surface area contributed by atoms with Crippen LogP contribution in [0.3, 0.4) is 0 Å². The molecule has 0 saturated carbocycles. The number of ether oxygens (including phenoxy) is 1. The van der Waals surface area contributed by atoms with E-state index < -0.39 is 30.3 Å². The average Bonchev–Trinajstić information content (AvgIpc) is 2.87. The molecule has 3 atom stereocenters. The Bertz CT molecular complexity index is 292. The second kappa shape index (κ2) is 4.99. The highest BCUT2D eigenvalue weighted by Gasteiger charge is 2.33. The maximum absolute atomic E-state index is 11.5. The highest BCUT2D eigenvalue weighted by atomic mass is 16.6. The van der Waals surface area contributed by atoms with Crippen molar-refractivity contribution in [2.45, 2.75) is 31.1 Å². The van der Waals surface area contributed by atoms with E-state index in [1.54, 1.807) is 0 Å². The molecule has 2 heterocycles. The van der Waals surface area contributed by atoms with Gasteiger partial charge >= 0.3 is 12.1 Å². The molecule has 0 radical (unpaired) electrons. The third kappa shape index (κ3) is 2.93. The van der Waals surface area contributed by atoms with Crippen LogP contribution in [0.2, 0.25) is 0 Å². The van der Waals surface area contributed by atoms with Crippen LogP contribution in [0.4, 0.5) is 4.79 Å². The Morgan fingerprint density at radius 2 is 2.06 bits per heavy atom. The number of amides is 1. The summed E-state index contributed by atoms with van der Waals surface area (Å²) in [6.45, 7) is 0.928. The third-order valence-electron chi connectivity index (χ3n) is 3.00. The second-order valence-electron chi connectivity index (χ2n) is 4.43. The Balaban J connectivity index is 1.80. The zero-order valence-corrected chi connectivity index (χ0v) is 9.33. The summed E-state index contributed by atoms with van der Waals surface area (Å²) in [5.41, 5.74) is 0. The Morgan fingerprint density at radius 3 is 2.59 bits per heavy atom. The predicted molar refractivity (Wildman–Crippen MR) is 56.1 cm³/mol. The molecule has 2 aliphatic heterocycles. The number of β-amino-alcohol motifs (C(OH)–C–C–N with tert-alkyl or cyclic N) is 2. The van der Waals surface area contributed by atoms with Gasteiger partial charge in [0.2, 0.25) is 0 Å². The molecule has 1 amide bonds. The van der Waals surface area contributed by atoms with Gasteiger partial charge in [0.1, 0.15) is 6.04 Å². The third-order valence-corrected chi connectivity index (χ3v) is 3.00. The molecule has 17 heavy (non-hydrogen) atoms. The van der Waals surface area contributed by atoms with Gasteiger partial charge in [-0.15, -0.1) is 0 Å². The summed E-state index contributed by atoms with van der Waals surface area (Å²) in [5.74, 6) is -0.673. The minimum Gasteiger partial charge on any atom is -0.392 e. The van der Waals surface area contributed by atoms with E-state index in [1.807, 2.05) is 0 Å². The number of aliphatic hydroxyl groups excluding tert-OH is 2. The van der Waals surface area contributed by atoms with Crippen molar-refractivity contribution >= 4 is 12.1 Å².